The molecule has 0 aromatic heterocycles. The number of hydrogen-bond donors (Lipinski definition) is 2. The Kier molecular flexibility index (Phi) is 7.35. The predicted molar refractivity (Wildman–Crippen MR) is 100 cm³/mol. The van der Waals surface area contributed by atoms with Crippen molar-refractivity contribution in [2.24, 2.45) is 0 Å². The number of rotatable bonds is 8. The maximum absolute atomic E-state index is 12.2. The summed E-state index contributed by atoms with van der Waals surface area (Å²) in [6.07, 6.45) is 0.239. The zero-order valence-electron chi connectivity index (χ0n) is 14.2. The molecule has 24 heavy (non-hydrogen) atoms. The van der Waals surface area contributed by atoms with Gasteiger partial charge < -0.3 is 10.4 Å². The van der Waals surface area contributed by atoms with Crippen LogP contribution in [0.1, 0.15) is 30.4 Å². The Morgan fingerprint density at radius 2 is 1.79 bits per heavy atom. The number of hydrogen-bond acceptors (Lipinski definition) is 3. The monoisotopic (exact) mass is 343 g/mol. The average Bonchev–Trinajstić information content (AvgIpc) is 2.58. The molecule has 2 atom stereocenters. The molecule has 4 heteroatoms. The van der Waals surface area contributed by atoms with Gasteiger partial charge in [-0.1, -0.05) is 48.5 Å². The molecule has 0 heterocycles. The van der Waals surface area contributed by atoms with Crippen LogP contribution < -0.4 is 5.32 Å². The highest BCUT2D eigenvalue weighted by Gasteiger charge is 2.15. The van der Waals surface area contributed by atoms with Crippen LogP contribution >= 0.6 is 11.8 Å². The van der Waals surface area contributed by atoms with Crippen molar-refractivity contribution in [2.45, 2.75) is 37.2 Å². The number of nitrogens with one attached hydrogen (secondary N) is 1. The molecule has 0 aliphatic carbocycles. The zero-order valence-corrected chi connectivity index (χ0v) is 15.1. The van der Waals surface area contributed by atoms with Crippen LogP contribution in [0.25, 0.3) is 0 Å². The number of carbonyl (C=O) groups is 1. The lowest BCUT2D eigenvalue weighted by atomic mass is 9.93. The fraction of sp³-hybridized carbons (Fsp3) is 0.350. The van der Waals surface area contributed by atoms with E-state index >= 15 is 0 Å². The minimum Gasteiger partial charge on any atom is -0.393 e. The van der Waals surface area contributed by atoms with Gasteiger partial charge in [-0.2, -0.15) is 0 Å². The van der Waals surface area contributed by atoms with E-state index in [2.05, 4.69) is 5.32 Å². The predicted octanol–water partition coefficient (Wildman–Crippen LogP) is 3.76. The highest BCUT2D eigenvalue weighted by atomic mass is 32.2. The van der Waals surface area contributed by atoms with E-state index < -0.39 is 6.10 Å². The molecule has 2 unspecified atom stereocenters. The highest BCUT2D eigenvalue weighted by molar-refractivity contribution is 8.00. The van der Waals surface area contributed by atoms with Crippen molar-refractivity contribution in [3.05, 3.63) is 65.7 Å². The number of aliphatic hydroxyl groups excluding tert-OH is 1. The fourth-order valence-electron chi connectivity index (χ4n) is 2.62. The van der Waals surface area contributed by atoms with Gasteiger partial charge >= 0.3 is 0 Å². The number of aryl methyl sites for hydroxylation is 1. The normalized spacial score (nSPS) is 13.3. The van der Waals surface area contributed by atoms with Gasteiger partial charge in [0, 0.05) is 17.4 Å². The van der Waals surface area contributed by atoms with Crippen LogP contribution in [0.15, 0.2) is 59.5 Å². The summed E-state index contributed by atoms with van der Waals surface area (Å²) in [6, 6.07) is 18.1. The van der Waals surface area contributed by atoms with E-state index in [0.29, 0.717) is 18.7 Å². The minimum absolute atomic E-state index is 0.0229. The van der Waals surface area contributed by atoms with Gasteiger partial charge in [0.15, 0.2) is 0 Å². The van der Waals surface area contributed by atoms with Crippen molar-refractivity contribution in [2.75, 3.05) is 12.3 Å². The van der Waals surface area contributed by atoms with Crippen LogP contribution in [0.3, 0.4) is 0 Å². The zero-order chi connectivity index (χ0) is 17.4. The van der Waals surface area contributed by atoms with Crippen LogP contribution in [0.5, 0.6) is 0 Å². The largest absolute Gasteiger partial charge is 0.393 e. The number of carbonyl (C=O) groups excluding carboxylic acids is 1. The number of aliphatic hydroxyl groups is 1. The lowest BCUT2D eigenvalue weighted by Crippen LogP contribution is -2.31. The summed E-state index contributed by atoms with van der Waals surface area (Å²) < 4.78 is 0. The summed E-state index contributed by atoms with van der Waals surface area (Å²) in [7, 11) is 0. The summed E-state index contributed by atoms with van der Waals surface area (Å²) >= 11 is 1.56. The van der Waals surface area contributed by atoms with E-state index in [1.54, 1.807) is 18.7 Å². The van der Waals surface area contributed by atoms with Gasteiger partial charge in [-0.05, 0) is 37.5 Å². The Hall–Kier alpha value is -1.78. The van der Waals surface area contributed by atoms with Gasteiger partial charge in [0.1, 0.15) is 0 Å². The van der Waals surface area contributed by atoms with E-state index in [1.807, 2.05) is 61.5 Å². The summed E-state index contributed by atoms with van der Waals surface area (Å²) in [5, 5.41) is 12.7. The molecular formula is C20H25NO2S. The van der Waals surface area contributed by atoms with Gasteiger partial charge in [0.25, 0.3) is 0 Å². The van der Waals surface area contributed by atoms with Gasteiger partial charge in [-0.25, -0.2) is 0 Å². The van der Waals surface area contributed by atoms with Crippen molar-refractivity contribution in [1.82, 2.24) is 5.32 Å². The van der Waals surface area contributed by atoms with Crippen molar-refractivity contribution >= 4 is 17.7 Å². The second-order valence-corrected chi connectivity index (χ2v) is 7.07. The molecule has 2 aromatic rings. The smallest absolute Gasteiger partial charge is 0.230 e. The van der Waals surface area contributed by atoms with Crippen molar-refractivity contribution < 1.29 is 9.90 Å². The van der Waals surface area contributed by atoms with E-state index in [4.69, 9.17) is 0 Å². The first-order valence-electron chi connectivity index (χ1n) is 8.24. The third kappa shape index (κ3) is 6.02. The topological polar surface area (TPSA) is 49.3 Å². The van der Waals surface area contributed by atoms with E-state index in [-0.39, 0.29) is 11.8 Å². The molecule has 0 fully saturated rings. The third-order valence-corrected chi connectivity index (χ3v) is 5.07. The van der Waals surface area contributed by atoms with Crippen molar-refractivity contribution in [3.63, 3.8) is 0 Å². The van der Waals surface area contributed by atoms with E-state index in [0.717, 1.165) is 10.5 Å². The number of amides is 1. The SMILES string of the molecule is Cc1ccccc1SCC(=O)NCC(CC(C)O)c1ccccc1. The maximum atomic E-state index is 12.2. The third-order valence-electron chi connectivity index (χ3n) is 3.89. The molecule has 0 radical (unpaired) electrons. The average molecular weight is 343 g/mol. The molecule has 0 aliphatic rings. The van der Waals surface area contributed by atoms with Gasteiger partial charge in [0.05, 0.1) is 11.9 Å². The molecular weight excluding hydrogens is 318 g/mol. The Bertz CT molecular complexity index is 643. The van der Waals surface area contributed by atoms with Gasteiger partial charge in [-0.15, -0.1) is 11.8 Å². The Morgan fingerprint density at radius 3 is 2.46 bits per heavy atom. The van der Waals surface area contributed by atoms with Crippen LogP contribution in [-0.2, 0) is 4.79 Å². The highest BCUT2D eigenvalue weighted by Crippen LogP contribution is 2.22. The summed E-state index contributed by atoms with van der Waals surface area (Å²) in [5.74, 6) is 0.550. The Morgan fingerprint density at radius 1 is 1.12 bits per heavy atom. The van der Waals surface area contributed by atoms with E-state index in [1.165, 1.54) is 5.56 Å². The summed E-state index contributed by atoms with van der Waals surface area (Å²) in [4.78, 5) is 13.3. The molecule has 1 amide bonds. The molecule has 2 N–H and O–H groups in total. The van der Waals surface area contributed by atoms with Crippen molar-refractivity contribution in [1.29, 1.82) is 0 Å². The first-order valence-corrected chi connectivity index (χ1v) is 9.23. The second kappa shape index (κ2) is 9.50. The summed E-state index contributed by atoms with van der Waals surface area (Å²) in [6.45, 7) is 4.38. The molecule has 0 spiro atoms. The number of thioether (sulfide) groups is 1. The fourth-order valence-corrected chi connectivity index (χ4v) is 3.48. The van der Waals surface area contributed by atoms with Crippen LogP contribution in [0, 0.1) is 6.92 Å². The van der Waals surface area contributed by atoms with Crippen molar-refractivity contribution in [3.8, 4) is 0 Å². The first kappa shape index (κ1) is 18.6. The van der Waals surface area contributed by atoms with Crippen LogP contribution in [-0.4, -0.2) is 29.4 Å². The standard InChI is InChI=1S/C20H25NO2S/c1-15-8-6-7-11-19(15)24-14-20(23)21-13-18(12-16(2)22)17-9-4-3-5-10-17/h3-11,16,18,22H,12-14H2,1-2H3,(H,21,23). The summed E-state index contributed by atoms with van der Waals surface area (Å²) in [5.41, 5.74) is 2.33. The first-order chi connectivity index (χ1) is 11.6. The lowest BCUT2D eigenvalue weighted by Gasteiger charge is -2.19. The molecule has 0 bridgehead atoms. The second-order valence-electron chi connectivity index (χ2n) is 6.05. The quantitative estimate of drug-likeness (QED) is 0.718. The molecule has 128 valence electrons. The van der Waals surface area contributed by atoms with Gasteiger partial charge in [-0.3, -0.25) is 4.79 Å². The van der Waals surface area contributed by atoms with E-state index in [9.17, 15) is 9.90 Å². The molecule has 2 rings (SSSR count). The molecule has 0 aliphatic heterocycles. The Labute approximate surface area is 148 Å². The molecule has 0 saturated carbocycles. The Balaban J connectivity index is 1.87. The van der Waals surface area contributed by atoms with Crippen LogP contribution in [0.2, 0.25) is 0 Å². The minimum atomic E-state index is -0.395. The molecule has 3 nitrogen and oxygen atoms in total. The molecule has 0 saturated heterocycles. The molecule has 2 aromatic carbocycles. The van der Waals surface area contributed by atoms with Crippen LogP contribution in [0.4, 0.5) is 0 Å². The maximum Gasteiger partial charge on any atom is 0.230 e. The van der Waals surface area contributed by atoms with Gasteiger partial charge in [0.2, 0.25) is 5.91 Å². The number of benzene rings is 2. The lowest BCUT2D eigenvalue weighted by molar-refractivity contribution is -0.118.